The van der Waals surface area contributed by atoms with E-state index in [2.05, 4.69) is 12.2 Å². The van der Waals surface area contributed by atoms with Crippen molar-refractivity contribution in [3.63, 3.8) is 0 Å². The molecule has 1 aliphatic rings. The number of rotatable bonds is 9. The van der Waals surface area contributed by atoms with Gasteiger partial charge in [0, 0.05) is 32.2 Å². The van der Waals surface area contributed by atoms with Gasteiger partial charge in [-0.1, -0.05) is 44.4 Å². The lowest BCUT2D eigenvalue weighted by Crippen LogP contribution is -2.51. The molecule has 1 unspecified atom stereocenters. The number of hydrogen-bond acceptors (Lipinski definition) is 4. The molecule has 0 radical (unpaired) electrons. The van der Waals surface area contributed by atoms with Crippen LogP contribution in [0.25, 0.3) is 0 Å². The van der Waals surface area contributed by atoms with Gasteiger partial charge in [0.15, 0.2) is 0 Å². The number of amides is 1. The molecule has 26 heavy (non-hydrogen) atoms. The Kier molecular flexibility index (Phi) is 8.06. The Balaban J connectivity index is 1.77. The van der Waals surface area contributed by atoms with Crippen LogP contribution in [0.3, 0.4) is 0 Å². The number of carbonyl (C=O) groups is 1. The van der Waals surface area contributed by atoms with E-state index in [9.17, 15) is 13.2 Å². The van der Waals surface area contributed by atoms with Crippen LogP contribution in [-0.2, 0) is 14.8 Å². The Morgan fingerprint density at radius 2 is 1.77 bits per heavy atom. The van der Waals surface area contributed by atoms with Gasteiger partial charge in [-0.3, -0.25) is 9.69 Å². The van der Waals surface area contributed by atoms with Gasteiger partial charge in [-0.25, -0.2) is 8.42 Å². The van der Waals surface area contributed by atoms with E-state index in [1.165, 1.54) is 17.1 Å². The first-order valence-electron chi connectivity index (χ1n) is 9.50. The molecule has 1 aliphatic heterocycles. The number of nitrogens with zero attached hydrogens (tertiary/aromatic N) is 2. The highest BCUT2D eigenvalue weighted by atomic mass is 32.2. The normalized spacial score (nSPS) is 17.8. The number of sulfonamides is 1. The standard InChI is InChI=1S/C19H31N3O3S/c1-3-4-6-9-17(2)20-19(23)16-21-12-14-22(15-13-21)26(24,25)18-10-7-5-8-11-18/h5,7-8,10-11,17H,3-4,6,9,12-16H2,1-2H3,(H,20,23). The summed E-state index contributed by atoms with van der Waals surface area (Å²) in [6, 6.07) is 8.70. The minimum Gasteiger partial charge on any atom is -0.353 e. The predicted molar refractivity (Wildman–Crippen MR) is 103 cm³/mol. The molecule has 7 heteroatoms. The van der Waals surface area contributed by atoms with E-state index >= 15 is 0 Å². The first kappa shape index (κ1) is 20.9. The lowest BCUT2D eigenvalue weighted by atomic mass is 10.1. The highest BCUT2D eigenvalue weighted by Gasteiger charge is 2.28. The van der Waals surface area contributed by atoms with E-state index in [1.54, 1.807) is 30.3 Å². The SMILES string of the molecule is CCCCCC(C)NC(=O)CN1CCN(S(=O)(=O)c2ccccc2)CC1. The molecular formula is C19H31N3O3S. The summed E-state index contributed by atoms with van der Waals surface area (Å²) < 4.78 is 26.7. The maximum absolute atomic E-state index is 12.6. The van der Waals surface area contributed by atoms with Crippen LogP contribution in [0.15, 0.2) is 35.2 Å². The Morgan fingerprint density at radius 1 is 1.12 bits per heavy atom. The molecular weight excluding hydrogens is 350 g/mol. The lowest BCUT2D eigenvalue weighted by Gasteiger charge is -2.33. The van der Waals surface area contributed by atoms with Crippen LogP contribution < -0.4 is 5.32 Å². The van der Waals surface area contributed by atoms with Gasteiger partial charge in [0.05, 0.1) is 11.4 Å². The number of hydrogen-bond donors (Lipinski definition) is 1. The molecule has 2 rings (SSSR count). The summed E-state index contributed by atoms with van der Waals surface area (Å²) in [6.07, 6.45) is 4.51. The molecule has 0 saturated carbocycles. The molecule has 1 fully saturated rings. The summed E-state index contributed by atoms with van der Waals surface area (Å²) in [4.78, 5) is 14.5. The second-order valence-electron chi connectivity index (χ2n) is 6.96. The molecule has 0 aliphatic carbocycles. The van der Waals surface area contributed by atoms with Crippen LogP contribution in [-0.4, -0.2) is 62.3 Å². The van der Waals surface area contributed by atoms with Crippen molar-refractivity contribution in [2.45, 2.75) is 50.5 Å². The summed E-state index contributed by atoms with van der Waals surface area (Å²) in [5.41, 5.74) is 0. The fourth-order valence-corrected chi connectivity index (χ4v) is 4.61. The van der Waals surface area contributed by atoms with Crippen molar-refractivity contribution < 1.29 is 13.2 Å². The second-order valence-corrected chi connectivity index (χ2v) is 8.90. The van der Waals surface area contributed by atoms with Crippen molar-refractivity contribution in [1.29, 1.82) is 0 Å². The Labute approximate surface area is 157 Å². The molecule has 6 nitrogen and oxygen atoms in total. The number of carbonyl (C=O) groups excluding carboxylic acids is 1. The van der Waals surface area contributed by atoms with Crippen molar-refractivity contribution in [3.8, 4) is 0 Å². The van der Waals surface area contributed by atoms with Crippen LogP contribution in [0.1, 0.15) is 39.5 Å². The molecule has 1 saturated heterocycles. The molecule has 0 spiro atoms. The zero-order valence-corrected chi connectivity index (χ0v) is 16.7. The van der Waals surface area contributed by atoms with E-state index < -0.39 is 10.0 Å². The van der Waals surface area contributed by atoms with Crippen LogP contribution in [0.2, 0.25) is 0 Å². The third-order valence-corrected chi connectivity index (χ3v) is 6.64. The third kappa shape index (κ3) is 6.07. The van der Waals surface area contributed by atoms with Crippen LogP contribution in [0.5, 0.6) is 0 Å². The van der Waals surface area contributed by atoms with Gasteiger partial charge < -0.3 is 5.32 Å². The molecule has 1 amide bonds. The number of unbranched alkanes of at least 4 members (excludes halogenated alkanes) is 2. The zero-order valence-electron chi connectivity index (χ0n) is 15.9. The summed E-state index contributed by atoms with van der Waals surface area (Å²) in [7, 11) is -3.44. The van der Waals surface area contributed by atoms with Crippen molar-refractivity contribution >= 4 is 15.9 Å². The smallest absolute Gasteiger partial charge is 0.243 e. The Bertz CT molecular complexity index is 656. The van der Waals surface area contributed by atoms with Gasteiger partial charge in [0.1, 0.15) is 0 Å². The second kappa shape index (κ2) is 10.0. The average molecular weight is 382 g/mol. The number of nitrogens with one attached hydrogen (secondary N) is 1. The van der Waals surface area contributed by atoms with Gasteiger partial charge in [0.25, 0.3) is 0 Å². The minimum atomic E-state index is -3.44. The van der Waals surface area contributed by atoms with Crippen LogP contribution in [0.4, 0.5) is 0 Å². The third-order valence-electron chi connectivity index (χ3n) is 4.73. The maximum atomic E-state index is 12.6. The molecule has 1 atom stereocenters. The minimum absolute atomic E-state index is 0.0216. The molecule has 1 aromatic carbocycles. The molecule has 1 N–H and O–H groups in total. The highest BCUT2D eigenvalue weighted by Crippen LogP contribution is 2.17. The highest BCUT2D eigenvalue weighted by molar-refractivity contribution is 7.89. The van der Waals surface area contributed by atoms with Gasteiger partial charge in [-0.2, -0.15) is 4.31 Å². The predicted octanol–water partition coefficient (Wildman–Crippen LogP) is 2.08. The molecule has 1 aromatic rings. The first-order valence-corrected chi connectivity index (χ1v) is 10.9. The summed E-state index contributed by atoms with van der Waals surface area (Å²) in [5.74, 6) is 0.0216. The van der Waals surface area contributed by atoms with Crippen molar-refractivity contribution in [2.75, 3.05) is 32.7 Å². The quantitative estimate of drug-likeness (QED) is 0.665. The van der Waals surface area contributed by atoms with Gasteiger partial charge in [0.2, 0.25) is 15.9 Å². The van der Waals surface area contributed by atoms with Crippen LogP contribution in [0, 0.1) is 0 Å². The summed E-state index contributed by atoms with van der Waals surface area (Å²) in [5, 5.41) is 3.04. The molecule has 1 heterocycles. The number of piperazine rings is 1. The van der Waals surface area contributed by atoms with Gasteiger partial charge >= 0.3 is 0 Å². The molecule has 0 bridgehead atoms. The lowest BCUT2D eigenvalue weighted by molar-refractivity contribution is -0.123. The Morgan fingerprint density at radius 3 is 2.38 bits per heavy atom. The van der Waals surface area contributed by atoms with Crippen LogP contribution >= 0.6 is 0 Å². The van der Waals surface area contributed by atoms with E-state index in [1.807, 2.05) is 11.8 Å². The van der Waals surface area contributed by atoms with E-state index in [0.717, 1.165) is 12.8 Å². The van der Waals surface area contributed by atoms with E-state index in [-0.39, 0.29) is 11.9 Å². The van der Waals surface area contributed by atoms with Gasteiger partial charge in [-0.15, -0.1) is 0 Å². The average Bonchev–Trinajstić information content (AvgIpc) is 2.63. The maximum Gasteiger partial charge on any atom is 0.243 e. The topological polar surface area (TPSA) is 69.7 Å². The monoisotopic (exact) mass is 381 g/mol. The van der Waals surface area contributed by atoms with Crippen molar-refractivity contribution in [1.82, 2.24) is 14.5 Å². The molecule has 0 aromatic heterocycles. The number of benzene rings is 1. The molecule has 146 valence electrons. The first-order chi connectivity index (χ1) is 12.4. The summed E-state index contributed by atoms with van der Waals surface area (Å²) in [6.45, 7) is 6.51. The van der Waals surface area contributed by atoms with Crippen molar-refractivity contribution in [2.24, 2.45) is 0 Å². The largest absolute Gasteiger partial charge is 0.353 e. The summed E-state index contributed by atoms with van der Waals surface area (Å²) >= 11 is 0. The van der Waals surface area contributed by atoms with Gasteiger partial charge in [-0.05, 0) is 25.5 Å². The fourth-order valence-electron chi connectivity index (χ4n) is 3.17. The van der Waals surface area contributed by atoms with E-state index in [4.69, 9.17) is 0 Å². The fraction of sp³-hybridized carbons (Fsp3) is 0.632. The Hall–Kier alpha value is -1.44. The van der Waals surface area contributed by atoms with E-state index in [0.29, 0.717) is 37.6 Å². The zero-order chi connectivity index (χ0) is 19.0. The van der Waals surface area contributed by atoms with Crippen molar-refractivity contribution in [3.05, 3.63) is 30.3 Å².